The summed E-state index contributed by atoms with van der Waals surface area (Å²) in [6, 6.07) is 27.9. The Labute approximate surface area is 229 Å². The van der Waals surface area contributed by atoms with Gasteiger partial charge >= 0.3 is 0 Å². The number of allylic oxidation sites excluding steroid dienone is 3. The fourth-order valence-corrected chi connectivity index (χ4v) is 5.58. The first-order valence-electron chi connectivity index (χ1n) is 13.0. The van der Waals surface area contributed by atoms with Gasteiger partial charge in [-0.2, -0.15) is 5.26 Å². The summed E-state index contributed by atoms with van der Waals surface area (Å²) < 4.78 is 11.7. The van der Waals surface area contributed by atoms with E-state index in [1.165, 1.54) is 0 Å². The van der Waals surface area contributed by atoms with Crippen LogP contribution in [0.25, 0.3) is 0 Å². The zero-order valence-corrected chi connectivity index (χ0v) is 22.4. The molecule has 0 aromatic heterocycles. The predicted molar refractivity (Wildman–Crippen MR) is 149 cm³/mol. The maximum Gasteiger partial charge on any atom is 0.162 e. The van der Waals surface area contributed by atoms with Crippen LogP contribution < -0.4 is 15.2 Å². The summed E-state index contributed by atoms with van der Waals surface area (Å²) in [5.74, 6) is 0.894. The molecule has 198 valence electrons. The summed E-state index contributed by atoms with van der Waals surface area (Å²) in [6.45, 7) is 0.392. The van der Waals surface area contributed by atoms with Gasteiger partial charge in [-0.25, -0.2) is 5.01 Å². The number of Topliss-reactive ketones (excluding diaryl/α,β-unsaturated/α-hetero) is 1. The smallest absolute Gasteiger partial charge is 0.162 e. The first-order chi connectivity index (χ1) is 18.9. The molecule has 0 fully saturated rings. The third-order valence-corrected chi connectivity index (χ3v) is 7.37. The van der Waals surface area contributed by atoms with Gasteiger partial charge in [0.05, 0.1) is 24.7 Å². The number of carbonyl (C=O) groups excluding carboxylic acids is 1. The minimum Gasteiger partial charge on any atom is -0.493 e. The molecule has 7 heteroatoms. The number of hydrogen-bond donors (Lipinski definition) is 1. The average molecular weight is 521 g/mol. The van der Waals surface area contributed by atoms with Gasteiger partial charge in [0.25, 0.3) is 0 Å². The Hall–Kier alpha value is -4.54. The van der Waals surface area contributed by atoms with Gasteiger partial charge in [-0.1, -0.05) is 66.7 Å². The van der Waals surface area contributed by atoms with Crippen LogP contribution in [-0.4, -0.2) is 37.0 Å². The molecule has 1 aliphatic carbocycles. The number of benzene rings is 3. The molecule has 0 spiro atoms. The quantitative estimate of drug-likeness (QED) is 0.455. The molecule has 39 heavy (non-hydrogen) atoms. The van der Waals surface area contributed by atoms with E-state index < -0.39 is 5.92 Å². The second-order valence-corrected chi connectivity index (χ2v) is 9.99. The molecule has 3 aromatic rings. The van der Waals surface area contributed by atoms with Crippen molar-refractivity contribution in [1.82, 2.24) is 10.0 Å². The summed E-state index contributed by atoms with van der Waals surface area (Å²) in [4.78, 5) is 13.9. The van der Waals surface area contributed by atoms with Gasteiger partial charge in [0.15, 0.2) is 17.3 Å². The number of nitrogens with zero attached hydrogens (tertiary/aromatic N) is 3. The summed E-state index contributed by atoms with van der Waals surface area (Å²) in [5.41, 5.74) is 11.3. The average Bonchev–Trinajstić information content (AvgIpc) is 2.96. The second-order valence-electron chi connectivity index (χ2n) is 9.99. The molecular formula is C32H32N4O3. The summed E-state index contributed by atoms with van der Waals surface area (Å²) in [6.07, 6.45) is 1.00. The van der Waals surface area contributed by atoms with Crippen molar-refractivity contribution in [2.24, 2.45) is 5.73 Å². The number of nitriles is 1. The van der Waals surface area contributed by atoms with E-state index in [1.807, 2.05) is 90.8 Å². The largest absolute Gasteiger partial charge is 0.493 e. The Bertz CT molecular complexity index is 1470. The highest BCUT2D eigenvalue weighted by Gasteiger charge is 2.43. The molecule has 0 amide bonds. The molecule has 5 rings (SSSR count). The molecule has 0 radical (unpaired) electrons. The minimum absolute atomic E-state index is 0.0191. The standard InChI is InChI=1S/C32H32N4O3/c1-35(2)36-26-16-24(22-12-8-5-9-13-22)17-27(37)31(26)30(25(19-33)32(36)34)23-14-15-28(29(18-23)38-3)39-20-21-10-6-4-7-11-21/h4-15,18,24,30H,16-17,20,34H2,1-3H3. The number of carbonyl (C=O) groups is 1. The third kappa shape index (κ3) is 4.99. The second kappa shape index (κ2) is 11.1. The van der Waals surface area contributed by atoms with E-state index in [4.69, 9.17) is 15.2 Å². The van der Waals surface area contributed by atoms with Gasteiger partial charge in [0, 0.05) is 31.8 Å². The van der Waals surface area contributed by atoms with Crippen molar-refractivity contribution in [1.29, 1.82) is 5.26 Å². The van der Waals surface area contributed by atoms with E-state index >= 15 is 0 Å². The summed E-state index contributed by atoms with van der Waals surface area (Å²) in [5, 5.41) is 13.9. The van der Waals surface area contributed by atoms with Crippen LogP contribution in [0.2, 0.25) is 0 Å². The first kappa shape index (κ1) is 26.1. The zero-order valence-electron chi connectivity index (χ0n) is 22.4. The Morgan fingerprint density at radius 2 is 1.67 bits per heavy atom. The number of nitrogens with two attached hydrogens (primary N) is 1. The van der Waals surface area contributed by atoms with Crippen LogP contribution >= 0.6 is 0 Å². The SMILES string of the molecule is COc1cc(C2C(C#N)=C(N)N(N(C)C)C3=C2C(=O)CC(c2ccccc2)C3)ccc1OCc1ccccc1. The maximum atomic E-state index is 13.9. The number of methoxy groups -OCH3 is 1. The molecule has 3 aromatic carbocycles. The van der Waals surface area contributed by atoms with Crippen molar-refractivity contribution in [2.45, 2.75) is 31.3 Å². The van der Waals surface area contributed by atoms with Crippen LogP contribution in [0.3, 0.4) is 0 Å². The van der Waals surface area contributed by atoms with Gasteiger partial charge in [0.1, 0.15) is 12.4 Å². The Kier molecular flexibility index (Phi) is 7.40. The summed E-state index contributed by atoms with van der Waals surface area (Å²) >= 11 is 0. The van der Waals surface area contributed by atoms with E-state index in [0.717, 1.165) is 22.4 Å². The lowest BCUT2D eigenvalue weighted by molar-refractivity contribution is -0.117. The van der Waals surface area contributed by atoms with Gasteiger partial charge < -0.3 is 15.2 Å². The lowest BCUT2D eigenvalue weighted by Gasteiger charge is -2.43. The molecule has 2 N–H and O–H groups in total. The minimum atomic E-state index is -0.595. The van der Waals surface area contributed by atoms with E-state index in [-0.39, 0.29) is 11.7 Å². The van der Waals surface area contributed by atoms with Crippen LogP contribution in [0, 0.1) is 11.3 Å². The monoisotopic (exact) mass is 520 g/mol. The topological polar surface area (TPSA) is 91.8 Å². The normalized spacial score (nSPS) is 19.2. The highest BCUT2D eigenvalue weighted by Crippen LogP contribution is 2.49. The van der Waals surface area contributed by atoms with Crippen LogP contribution in [0.15, 0.2) is 102 Å². The molecule has 2 unspecified atom stereocenters. The van der Waals surface area contributed by atoms with Crippen LogP contribution in [0.1, 0.15) is 41.4 Å². The number of hydrazine groups is 1. The van der Waals surface area contributed by atoms with Crippen molar-refractivity contribution in [3.8, 4) is 17.6 Å². The number of rotatable bonds is 7. The Morgan fingerprint density at radius 1 is 0.974 bits per heavy atom. The van der Waals surface area contributed by atoms with E-state index in [1.54, 1.807) is 7.11 Å². The van der Waals surface area contributed by atoms with Crippen LogP contribution in [0.4, 0.5) is 0 Å². The molecule has 0 bridgehead atoms. The first-order valence-corrected chi connectivity index (χ1v) is 13.0. The molecule has 2 atom stereocenters. The summed E-state index contributed by atoms with van der Waals surface area (Å²) in [7, 11) is 5.32. The van der Waals surface area contributed by atoms with Crippen molar-refractivity contribution < 1.29 is 14.3 Å². The highest BCUT2D eigenvalue weighted by atomic mass is 16.5. The molecule has 0 saturated heterocycles. The fraction of sp³-hybridized carbons (Fsp3) is 0.250. The molecule has 1 aliphatic heterocycles. The van der Waals surface area contributed by atoms with Crippen LogP contribution in [0.5, 0.6) is 11.5 Å². The van der Waals surface area contributed by atoms with Gasteiger partial charge in [-0.15, -0.1) is 0 Å². The fourth-order valence-electron chi connectivity index (χ4n) is 5.58. The molecule has 1 heterocycles. The van der Waals surface area contributed by atoms with E-state index in [9.17, 15) is 10.1 Å². The van der Waals surface area contributed by atoms with Gasteiger partial charge in [-0.05, 0) is 41.2 Å². The van der Waals surface area contributed by atoms with Crippen LogP contribution in [-0.2, 0) is 11.4 Å². The van der Waals surface area contributed by atoms with Gasteiger partial charge in [-0.3, -0.25) is 9.80 Å². The predicted octanol–water partition coefficient (Wildman–Crippen LogP) is 5.24. The van der Waals surface area contributed by atoms with Crippen molar-refractivity contribution in [2.75, 3.05) is 21.2 Å². The van der Waals surface area contributed by atoms with Crippen molar-refractivity contribution in [3.63, 3.8) is 0 Å². The third-order valence-electron chi connectivity index (χ3n) is 7.37. The highest BCUT2D eigenvalue weighted by molar-refractivity contribution is 6.00. The molecular weight excluding hydrogens is 488 g/mol. The lowest BCUT2D eigenvalue weighted by atomic mass is 9.72. The zero-order chi connectivity index (χ0) is 27.5. The Balaban J connectivity index is 1.56. The maximum absolute atomic E-state index is 13.9. The molecule has 2 aliphatic rings. The lowest BCUT2D eigenvalue weighted by Crippen LogP contribution is -2.46. The van der Waals surface area contributed by atoms with Crippen molar-refractivity contribution in [3.05, 3.63) is 118 Å². The van der Waals surface area contributed by atoms with Crippen molar-refractivity contribution >= 4 is 5.78 Å². The number of ether oxygens (including phenoxy) is 2. The number of hydrogen-bond acceptors (Lipinski definition) is 7. The van der Waals surface area contributed by atoms with E-state index in [0.29, 0.717) is 47.9 Å². The van der Waals surface area contributed by atoms with E-state index in [2.05, 4.69) is 18.2 Å². The molecule has 7 nitrogen and oxygen atoms in total. The molecule has 0 saturated carbocycles. The number of ketones is 1. The Morgan fingerprint density at radius 3 is 2.31 bits per heavy atom. The van der Waals surface area contributed by atoms with Gasteiger partial charge in [0.2, 0.25) is 0 Å².